The number of carbonyl (C=O) groups is 4. The van der Waals surface area contributed by atoms with Crippen molar-refractivity contribution in [2.75, 3.05) is 7.11 Å². The molecule has 4 aliphatic rings. The summed E-state index contributed by atoms with van der Waals surface area (Å²) in [7, 11) is 1.29. The summed E-state index contributed by atoms with van der Waals surface area (Å²) in [6, 6.07) is 1.76. The van der Waals surface area contributed by atoms with E-state index in [0.717, 1.165) is 0 Å². The molecule has 0 saturated heterocycles. The van der Waals surface area contributed by atoms with Crippen molar-refractivity contribution >= 4 is 23.7 Å². The fourth-order valence-electron chi connectivity index (χ4n) is 8.13. The van der Waals surface area contributed by atoms with Crippen LogP contribution in [0.25, 0.3) is 0 Å². The molecule has 0 unspecified atom stereocenters. The molecule has 2 bridgehead atoms. The Hall–Kier alpha value is -3.46. The van der Waals surface area contributed by atoms with Crippen molar-refractivity contribution < 1.29 is 42.9 Å². The summed E-state index contributed by atoms with van der Waals surface area (Å²) < 4.78 is 22.1. The van der Waals surface area contributed by atoms with Crippen LogP contribution >= 0.6 is 0 Å². The highest BCUT2D eigenvalue weighted by atomic mass is 16.6. The highest BCUT2D eigenvalue weighted by molar-refractivity contribution is 6.00. The van der Waals surface area contributed by atoms with Gasteiger partial charge in [0.2, 0.25) is 0 Å². The summed E-state index contributed by atoms with van der Waals surface area (Å²) in [6.07, 6.45) is 6.68. The maximum absolute atomic E-state index is 14.5. The highest BCUT2D eigenvalue weighted by Crippen LogP contribution is 2.68. The molecule has 0 spiro atoms. The first-order valence-electron chi connectivity index (χ1n) is 14.0. The van der Waals surface area contributed by atoms with Crippen molar-refractivity contribution in [1.82, 2.24) is 0 Å². The first kappa shape index (κ1) is 29.0. The zero-order valence-electron chi connectivity index (χ0n) is 24.6. The molecule has 220 valence electrons. The predicted molar refractivity (Wildman–Crippen MR) is 146 cm³/mol. The van der Waals surface area contributed by atoms with Crippen LogP contribution in [0.15, 0.2) is 58.0 Å². The lowest BCUT2D eigenvalue weighted by Gasteiger charge is -2.64. The van der Waals surface area contributed by atoms with Gasteiger partial charge in [-0.15, -0.1) is 0 Å². The summed E-state index contributed by atoms with van der Waals surface area (Å²) in [5, 5.41) is 12.4. The molecule has 2 heterocycles. The van der Waals surface area contributed by atoms with Crippen molar-refractivity contribution in [1.29, 1.82) is 0 Å². The van der Waals surface area contributed by atoms with Gasteiger partial charge in [0.15, 0.2) is 11.4 Å². The van der Waals surface area contributed by atoms with Gasteiger partial charge in [0.05, 0.1) is 19.6 Å². The topological polar surface area (TPSA) is 129 Å². The number of Topliss-reactive ketones (excluding diaryl/α,β-unsaturated/α-hetero) is 1. The summed E-state index contributed by atoms with van der Waals surface area (Å²) in [5.41, 5.74) is -2.79. The first-order chi connectivity index (χ1) is 19.2. The largest absolute Gasteiger partial charge is 0.472 e. The van der Waals surface area contributed by atoms with E-state index >= 15 is 0 Å². The molecule has 41 heavy (non-hydrogen) atoms. The highest BCUT2D eigenvalue weighted by Gasteiger charge is 2.73. The molecule has 0 aromatic carbocycles. The van der Waals surface area contributed by atoms with Crippen LogP contribution in [0.3, 0.4) is 0 Å². The maximum Gasteiger partial charge on any atom is 0.333 e. The monoisotopic (exact) mass is 566 g/mol. The van der Waals surface area contributed by atoms with E-state index in [1.54, 1.807) is 39.2 Å². The maximum atomic E-state index is 14.5. The number of allylic oxidation sites excluding steroid dienone is 2. The zero-order chi connectivity index (χ0) is 30.1. The second-order valence-corrected chi connectivity index (χ2v) is 12.9. The number of cyclic esters (lactones) is 1. The Kier molecular flexibility index (Phi) is 6.76. The Morgan fingerprint density at radius 3 is 2.51 bits per heavy atom. The van der Waals surface area contributed by atoms with Crippen LogP contribution in [-0.4, -0.2) is 47.6 Å². The van der Waals surface area contributed by atoms with Gasteiger partial charge in [-0.1, -0.05) is 33.8 Å². The Morgan fingerprint density at radius 2 is 1.90 bits per heavy atom. The van der Waals surface area contributed by atoms with Gasteiger partial charge in [0, 0.05) is 39.9 Å². The van der Waals surface area contributed by atoms with Crippen molar-refractivity contribution in [3.05, 3.63) is 59.1 Å². The predicted octanol–water partition coefficient (Wildman–Crippen LogP) is 4.56. The van der Waals surface area contributed by atoms with Gasteiger partial charge in [-0.2, -0.15) is 0 Å². The molecule has 9 nitrogen and oxygen atoms in total. The third-order valence-corrected chi connectivity index (χ3v) is 10.4. The SMILES string of the molecule is C/C=C(\C)C(=O)O[C@H]1C(C)(C)[C@H](CC(=O)OC)[C@]2(C)C(=O)[C@@]1(O)C=C1C3=CC(=O)O[C@@H](c4ccoc4)[C@]3(C)CC[C@@H]12. The van der Waals surface area contributed by atoms with Crippen molar-refractivity contribution in [3.63, 3.8) is 0 Å². The van der Waals surface area contributed by atoms with Gasteiger partial charge >= 0.3 is 17.9 Å². The third kappa shape index (κ3) is 3.99. The molecular formula is C32H38O9. The van der Waals surface area contributed by atoms with Crippen LogP contribution in [0, 0.1) is 28.1 Å². The van der Waals surface area contributed by atoms with E-state index in [1.807, 2.05) is 20.8 Å². The number of hydrogen-bond donors (Lipinski definition) is 1. The number of rotatable bonds is 5. The van der Waals surface area contributed by atoms with Crippen molar-refractivity contribution in [2.24, 2.45) is 28.1 Å². The summed E-state index contributed by atoms with van der Waals surface area (Å²) in [5.74, 6) is -3.28. The molecule has 0 radical (unpaired) electrons. The minimum absolute atomic E-state index is 0.113. The number of aliphatic hydroxyl groups is 1. The first-order valence-corrected chi connectivity index (χ1v) is 14.0. The Morgan fingerprint density at radius 1 is 1.20 bits per heavy atom. The number of ether oxygens (including phenoxy) is 3. The van der Waals surface area contributed by atoms with Crippen molar-refractivity contribution in [2.45, 2.75) is 78.6 Å². The van der Waals surface area contributed by atoms with Crippen molar-refractivity contribution in [3.8, 4) is 0 Å². The molecule has 0 amide bonds. The summed E-state index contributed by atoms with van der Waals surface area (Å²) in [6.45, 7) is 10.7. The third-order valence-electron chi connectivity index (χ3n) is 10.4. The van der Waals surface area contributed by atoms with E-state index in [1.165, 1.54) is 25.5 Å². The molecule has 1 aromatic rings. The van der Waals surface area contributed by atoms with Crippen LogP contribution in [-0.2, 0) is 33.4 Å². The fourth-order valence-corrected chi connectivity index (χ4v) is 8.13. The fraction of sp³-hybridized carbons (Fsp3) is 0.562. The van der Waals surface area contributed by atoms with Crippen LogP contribution in [0.2, 0.25) is 0 Å². The normalized spacial score (nSPS) is 37.6. The molecule has 5 rings (SSSR count). The van der Waals surface area contributed by atoms with Gasteiger partial charge in [-0.25, -0.2) is 9.59 Å². The zero-order valence-corrected chi connectivity index (χ0v) is 24.6. The van der Waals surface area contributed by atoms with Gasteiger partial charge in [0.25, 0.3) is 0 Å². The minimum atomic E-state index is -2.20. The van der Waals surface area contributed by atoms with Crippen LogP contribution in [0.4, 0.5) is 0 Å². The molecule has 3 aliphatic carbocycles. The number of furan rings is 1. The second-order valence-electron chi connectivity index (χ2n) is 12.9. The van der Waals surface area contributed by atoms with Gasteiger partial charge in [-0.3, -0.25) is 9.59 Å². The molecule has 7 atom stereocenters. The van der Waals surface area contributed by atoms with E-state index in [-0.39, 0.29) is 6.42 Å². The van der Waals surface area contributed by atoms with E-state index in [4.69, 9.17) is 18.6 Å². The molecule has 1 aromatic heterocycles. The summed E-state index contributed by atoms with van der Waals surface area (Å²) >= 11 is 0. The Balaban J connectivity index is 1.73. The molecular weight excluding hydrogens is 528 g/mol. The van der Waals surface area contributed by atoms with Gasteiger partial charge < -0.3 is 23.7 Å². The van der Waals surface area contributed by atoms with E-state index in [9.17, 15) is 24.3 Å². The summed E-state index contributed by atoms with van der Waals surface area (Å²) in [4.78, 5) is 53.3. The number of carbonyl (C=O) groups excluding carboxylic acids is 4. The number of fused-ring (bicyclic) bond motifs is 6. The van der Waals surface area contributed by atoms with E-state index in [0.29, 0.717) is 35.1 Å². The number of hydrogen-bond acceptors (Lipinski definition) is 9. The van der Waals surface area contributed by atoms with Crippen LogP contribution in [0.1, 0.15) is 72.5 Å². The number of esters is 3. The van der Waals surface area contributed by atoms with Gasteiger partial charge in [0.1, 0.15) is 12.2 Å². The van der Waals surface area contributed by atoms with Crippen LogP contribution < -0.4 is 0 Å². The molecule has 2 fully saturated rings. The molecule has 9 heteroatoms. The Labute approximate surface area is 239 Å². The molecule has 1 aliphatic heterocycles. The van der Waals surface area contributed by atoms with E-state index in [2.05, 4.69) is 0 Å². The van der Waals surface area contributed by atoms with Crippen LogP contribution in [0.5, 0.6) is 0 Å². The lowest BCUT2D eigenvalue weighted by Crippen LogP contribution is -2.73. The Bertz CT molecular complexity index is 1400. The van der Waals surface area contributed by atoms with Gasteiger partial charge in [-0.05, 0) is 61.8 Å². The molecule has 1 N–H and O–H groups in total. The lowest BCUT2D eigenvalue weighted by molar-refractivity contribution is -0.220. The smallest absolute Gasteiger partial charge is 0.333 e. The van der Waals surface area contributed by atoms with E-state index < -0.39 is 69.6 Å². The molecule has 2 saturated carbocycles. The lowest BCUT2D eigenvalue weighted by atomic mass is 9.40. The number of ketones is 1. The average Bonchev–Trinajstić information content (AvgIpc) is 3.46. The quantitative estimate of drug-likeness (QED) is 0.310. The minimum Gasteiger partial charge on any atom is -0.472 e. The number of methoxy groups -OCH3 is 1. The second kappa shape index (κ2) is 9.54. The standard InChI is InChI=1S/C32H38O9/c1-8-17(2)26(35)41-28-29(3,4)22(14-23(33)38-7)31(6)20-9-11-30(5)21(19(20)15-32(28,37)27(31)36)13-24(34)40-25(30)18-10-12-39-16-18/h8,10,12-13,15-16,20,22,25,28,37H,9,11,14H2,1-7H3/b17-8+/t20-,22-,25-,28-,30+,31+,32-/m0/s1. The average molecular weight is 567 g/mol.